The minimum atomic E-state index is -3.30. The van der Waals surface area contributed by atoms with E-state index < -0.39 is 10.0 Å². The van der Waals surface area contributed by atoms with E-state index in [9.17, 15) is 8.42 Å². The van der Waals surface area contributed by atoms with Gasteiger partial charge in [0.05, 0.1) is 18.0 Å². The summed E-state index contributed by atoms with van der Waals surface area (Å²) in [6.07, 6.45) is 3.05. The highest BCUT2D eigenvalue weighted by Gasteiger charge is 2.27. The summed E-state index contributed by atoms with van der Waals surface area (Å²) in [7, 11) is -3.30. The number of fused-ring (bicyclic) bond motifs is 1. The van der Waals surface area contributed by atoms with E-state index in [0.717, 1.165) is 0 Å². The first-order valence-corrected chi connectivity index (χ1v) is 8.73. The van der Waals surface area contributed by atoms with Crippen molar-refractivity contribution in [2.24, 2.45) is 0 Å². The minimum Gasteiger partial charge on any atom is -0.491 e. The maximum absolute atomic E-state index is 12.5. The standard InChI is InChI=1S/C14H20N2O3S/c17-20(18,11-8-15-12-6-7-12)16-9-3-10-19-14-5-2-1-4-13(14)16/h1-2,4-5,12,15H,3,6-11H2. The van der Waals surface area contributed by atoms with Crippen LogP contribution in [0.2, 0.25) is 0 Å². The second-order valence-electron chi connectivity index (χ2n) is 5.29. The number of hydrogen-bond donors (Lipinski definition) is 1. The van der Waals surface area contributed by atoms with Gasteiger partial charge >= 0.3 is 0 Å². The molecule has 1 heterocycles. The molecule has 3 rings (SSSR count). The average molecular weight is 296 g/mol. The first-order valence-electron chi connectivity index (χ1n) is 7.12. The smallest absolute Gasteiger partial charge is 0.236 e. The molecule has 1 aromatic rings. The van der Waals surface area contributed by atoms with E-state index >= 15 is 0 Å². The molecule has 2 aliphatic rings. The van der Waals surface area contributed by atoms with Crippen LogP contribution in [0.4, 0.5) is 5.69 Å². The molecule has 6 heteroatoms. The highest BCUT2D eigenvalue weighted by molar-refractivity contribution is 7.92. The van der Waals surface area contributed by atoms with Crippen molar-refractivity contribution >= 4 is 15.7 Å². The third-order valence-electron chi connectivity index (χ3n) is 3.60. The van der Waals surface area contributed by atoms with E-state index in [1.807, 2.05) is 24.3 Å². The van der Waals surface area contributed by atoms with Crippen molar-refractivity contribution in [1.29, 1.82) is 0 Å². The van der Waals surface area contributed by atoms with Gasteiger partial charge in [0.2, 0.25) is 10.0 Å². The van der Waals surface area contributed by atoms with Crippen LogP contribution in [0.5, 0.6) is 5.75 Å². The highest BCUT2D eigenvalue weighted by atomic mass is 32.2. The quantitative estimate of drug-likeness (QED) is 0.891. The van der Waals surface area contributed by atoms with Crippen molar-refractivity contribution < 1.29 is 13.2 Å². The molecule has 0 spiro atoms. The summed E-state index contributed by atoms with van der Waals surface area (Å²) in [5.74, 6) is 0.793. The minimum absolute atomic E-state index is 0.137. The Labute approximate surface area is 120 Å². The van der Waals surface area contributed by atoms with Crippen molar-refractivity contribution in [1.82, 2.24) is 5.32 Å². The van der Waals surface area contributed by atoms with Gasteiger partial charge in [-0.3, -0.25) is 4.31 Å². The summed E-state index contributed by atoms with van der Waals surface area (Å²) in [6, 6.07) is 7.88. The third kappa shape index (κ3) is 3.07. The summed E-state index contributed by atoms with van der Waals surface area (Å²) in [5.41, 5.74) is 0.663. The molecule has 0 bridgehead atoms. The summed E-state index contributed by atoms with van der Waals surface area (Å²) < 4.78 is 32.2. The lowest BCUT2D eigenvalue weighted by Gasteiger charge is -2.23. The summed E-state index contributed by atoms with van der Waals surface area (Å²) in [6.45, 7) is 1.57. The number of ether oxygens (including phenoxy) is 1. The van der Waals surface area contributed by atoms with Crippen molar-refractivity contribution in [3.63, 3.8) is 0 Å². The van der Waals surface area contributed by atoms with Gasteiger partial charge in [-0.1, -0.05) is 12.1 Å². The second-order valence-corrected chi connectivity index (χ2v) is 7.30. The van der Waals surface area contributed by atoms with Crippen LogP contribution in [0.25, 0.3) is 0 Å². The van der Waals surface area contributed by atoms with E-state index in [1.54, 1.807) is 0 Å². The summed E-state index contributed by atoms with van der Waals surface area (Å²) >= 11 is 0. The van der Waals surface area contributed by atoms with Crippen molar-refractivity contribution in [3.05, 3.63) is 24.3 Å². The SMILES string of the molecule is O=S(=O)(CCNC1CC1)N1CCCOc2ccccc21. The molecule has 1 saturated carbocycles. The molecule has 1 aliphatic carbocycles. The Balaban J connectivity index is 1.76. The maximum atomic E-state index is 12.5. The van der Waals surface area contributed by atoms with Crippen LogP contribution in [-0.2, 0) is 10.0 Å². The fraction of sp³-hybridized carbons (Fsp3) is 0.571. The topological polar surface area (TPSA) is 58.6 Å². The first kappa shape index (κ1) is 13.7. The van der Waals surface area contributed by atoms with Crippen LogP contribution in [-0.4, -0.2) is 39.9 Å². The zero-order valence-electron chi connectivity index (χ0n) is 11.4. The van der Waals surface area contributed by atoms with Crippen LogP contribution in [0.15, 0.2) is 24.3 Å². The van der Waals surface area contributed by atoms with Gasteiger partial charge in [-0.05, 0) is 25.0 Å². The molecule has 5 nitrogen and oxygen atoms in total. The largest absolute Gasteiger partial charge is 0.491 e. The van der Waals surface area contributed by atoms with Crippen LogP contribution < -0.4 is 14.4 Å². The lowest BCUT2D eigenvalue weighted by molar-refractivity contribution is 0.322. The van der Waals surface area contributed by atoms with Crippen molar-refractivity contribution in [3.8, 4) is 5.75 Å². The van der Waals surface area contributed by atoms with E-state index in [-0.39, 0.29) is 5.75 Å². The van der Waals surface area contributed by atoms with E-state index in [4.69, 9.17) is 4.74 Å². The predicted molar refractivity (Wildman–Crippen MR) is 78.7 cm³/mol. The van der Waals surface area contributed by atoms with Crippen LogP contribution in [0, 0.1) is 0 Å². The Bertz CT molecular complexity index is 570. The van der Waals surface area contributed by atoms with Crippen LogP contribution >= 0.6 is 0 Å². The zero-order chi connectivity index (χ0) is 14.0. The molecule has 0 atom stereocenters. The van der Waals surface area contributed by atoms with Crippen LogP contribution in [0.1, 0.15) is 19.3 Å². The van der Waals surface area contributed by atoms with Crippen molar-refractivity contribution in [2.45, 2.75) is 25.3 Å². The Hall–Kier alpha value is -1.27. The van der Waals surface area contributed by atoms with Gasteiger partial charge in [0.1, 0.15) is 5.75 Å². The lowest BCUT2D eigenvalue weighted by Crippen LogP contribution is -2.37. The second kappa shape index (κ2) is 5.61. The number of nitrogens with zero attached hydrogens (tertiary/aromatic N) is 1. The van der Waals surface area contributed by atoms with Crippen molar-refractivity contribution in [2.75, 3.05) is 29.8 Å². The van der Waals surface area contributed by atoms with Gasteiger partial charge in [-0.15, -0.1) is 0 Å². The van der Waals surface area contributed by atoms with E-state index in [1.165, 1.54) is 17.1 Å². The first-order chi connectivity index (χ1) is 9.67. The van der Waals surface area contributed by atoms with Gasteiger partial charge in [-0.25, -0.2) is 8.42 Å². The molecule has 1 aliphatic heterocycles. The summed E-state index contributed by atoms with van der Waals surface area (Å²) in [4.78, 5) is 0. The molecule has 0 radical (unpaired) electrons. The molecule has 0 unspecified atom stereocenters. The van der Waals surface area contributed by atoms with Gasteiger partial charge in [-0.2, -0.15) is 0 Å². The van der Waals surface area contributed by atoms with Gasteiger partial charge in [0, 0.05) is 25.6 Å². The normalized spacial score (nSPS) is 19.1. The maximum Gasteiger partial charge on any atom is 0.236 e. The van der Waals surface area contributed by atoms with Crippen LogP contribution in [0.3, 0.4) is 0 Å². The number of rotatable bonds is 5. The Morgan fingerprint density at radius 1 is 1.30 bits per heavy atom. The lowest BCUT2D eigenvalue weighted by atomic mass is 10.3. The van der Waals surface area contributed by atoms with Gasteiger partial charge in [0.25, 0.3) is 0 Å². The molecule has 20 heavy (non-hydrogen) atoms. The monoisotopic (exact) mass is 296 g/mol. The zero-order valence-corrected chi connectivity index (χ0v) is 12.2. The number of benzene rings is 1. The summed E-state index contributed by atoms with van der Waals surface area (Å²) in [5, 5.41) is 3.25. The van der Waals surface area contributed by atoms with E-state index in [2.05, 4.69) is 5.32 Å². The van der Waals surface area contributed by atoms with Gasteiger partial charge < -0.3 is 10.1 Å². The van der Waals surface area contributed by atoms with E-state index in [0.29, 0.717) is 43.6 Å². The molecular formula is C14H20N2O3S. The number of anilines is 1. The third-order valence-corrected chi connectivity index (χ3v) is 5.37. The number of para-hydroxylation sites is 2. The average Bonchev–Trinajstić information content (AvgIpc) is 3.23. The molecule has 110 valence electrons. The number of sulfonamides is 1. The Morgan fingerprint density at radius 3 is 2.90 bits per heavy atom. The highest BCUT2D eigenvalue weighted by Crippen LogP contribution is 2.32. The Morgan fingerprint density at radius 2 is 2.10 bits per heavy atom. The molecule has 0 amide bonds. The number of nitrogens with one attached hydrogen (secondary N) is 1. The predicted octanol–water partition coefficient (Wildman–Crippen LogP) is 1.36. The fourth-order valence-electron chi connectivity index (χ4n) is 2.37. The molecule has 1 fully saturated rings. The molecule has 0 saturated heterocycles. The number of hydrogen-bond acceptors (Lipinski definition) is 4. The molecule has 0 aromatic heterocycles. The fourth-order valence-corrected chi connectivity index (χ4v) is 3.83. The molecule has 1 N–H and O–H groups in total. The molecular weight excluding hydrogens is 276 g/mol. The molecule has 1 aromatic carbocycles. The van der Waals surface area contributed by atoms with Gasteiger partial charge in [0.15, 0.2) is 0 Å². The Kier molecular flexibility index (Phi) is 3.85.